The highest BCUT2D eigenvalue weighted by Crippen LogP contribution is 2.26. The van der Waals surface area contributed by atoms with Gasteiger partial charge in [-0.25, -0.2) is 14.8 Å². The number of aromatic nitrogens is 4. The number of anilines is 1. The SMILES string of the molecule is COC(=O)c1ccc(NC(=O)CN2CC(c3nc(-c4ncccn4)no3)C2)cc1. The average Bonchev–Trinajstić information content (AvgIpc) is 3.20. The molecule has 3 heterocycles. The number of hydrogen-bond acceptors (Lipinski definition) is 9. The Labute approximate surface area is 165 Å². The van der Waals surface area contributed by atoms with E-state index in [4.69, 9.17) is 4.52 Å². The van der Waals surface area contributed by atoms with Crippen LogP contribution in [0.25, 0.3) is 11.6 Å². The average molecular weight is 394 g/mol. The molecule has 10 heteroatoms. The third-order valence-corrected chi connectivity index (χ3v) is 4.47. The second-order valence-electron chi connectivity index (χ2n) is 6.54. The number of esters is 1. The number of amides is 1. The van der Waals surface area contributed by atoms with Gasteiger partial charge >= 0.3 is 5.97 Å². The van der Waals surface area contributed by atoms with Crippen LogP contribution < -0.4 is 5.32 Å². The van der Waals surface area contributed by atoms with Crippen LogP contribution in [0.15, 0.2) is 47.2 Å². The van der Waals surface area contributed by atoms with Gasteiger partial charge in [0.1, 0.15) is 0 Å². The van der Waals surface area contributed by atoms with E-state index in [9.17, 15) is 9.59 Å². The number of ether oxygens (including phenoxy) is 1. The maximum absolute atomic E-state index is 12.2. The molecule has 1 saturated heterocycles. The van der Waals surface area contributed by atoms with Crippen LogP contribution in [0.5, 0.6) is 0 Å². The summed E-state index contributed by atoms with van der Waals surface area (Å²) >= 11 is 0. The number of hydrogen-bond donors (Lipinski definition) is 1. The van der Waals surface area contributed by atoms with Crippen molar-refractivity contribution in [2.75, 3.05) is 32.1 Å². The number of methoxy groups -OCH3 is 1. The fourth-order valence-corrected chi connectivity index (χ4v) is 2.97. The number of rotatable bonds is 6. The first kappa shape index (κ1) is 18.7. The Morgan fingerprint density at radius 1 is 1.17 bits per heavy atom. The van der Waals surface area contributed by atoms with Gasteiger partial charge in [-0.1, -0.05) is 5.16 Å². The van der Waals surface area contributed by atoms with E-state index >= 15 is 0 Å². The van der Waals surface area contributed by atoms with Gasteiger partial charge in [-0.3, -0.25) is 9.69 Å². The van der Waals surface area contributed by atoms with E-state index in [2.05, 4.69) is 30.2 Å². The van der Waals surface area contributed by atoms with E-state index in [0.29, 0.717) is 41.9 Å². The number of nitrogens with zero attached hydrogens (tertiary/aromatic N) is 5. The van der Waals surface area contributed by atoms with Crippen molar-refractivity contribution < 1.29 is 18.8 Å². The van der Waals surface area contributed by atoms with Crippen molar-refractivity contribution in [3.63, 3.8) is 0 Å². The molecule has 3 aromatic rings. The molecule has 0 bridgehead atoms. The van der Waals surface area contributed by atoms with Gasteiger partial charge in [-0.05, 0) is 30.3 Å². The quantitative estimate of drug-likeness (QED) is 0.617. The zero-order valence-corrected chi connectivity index (χ0v) is 15.6. The largest absolute Gasteiger partial charge is 0.465 e. The van der Waals surface area contributed by atoms with Gasteiger partial charge in [-0.2, -0.15) is 4.98 Å². The molecule has 2 aromatic heterocycles. The first-order chi connectivity index (χ1) is 14.1. The highest BCUT2D eigenvalue weighted by Gasteiger charge is 2.33. The van der Waals surface area contributed by atoms with Gasteiger partial charge in [0, 0.05) is 31.2 Å². The topological polar surface area (TPSA) is 123 Å². The van der Waals surface area contributed by atoms with E-state index in [1.54, 1.807) is 42.7 Å². The highest BCUT2D eigenvalue weighted by atomic mass is 16.5. The minimum absolute atomic E-state index is 0.0760. The molecule has 1 fully saturated rings. The third kappa shape index (κ3) is 4.27. The number of likely N-dealkylation sites (tertiary alicyclic amines) is 1. The molecule has 29 heavy (non-hydrogen) atoms. The number of carbonyl (C=O) groups is 2. The molecule has 1 amide bonds. The molecular weight excluding hydrogens is 376 g/mol. The van der Waals surface area contributed by atoms with E-state index in [0.717, 1.165) is 0 Å². The predicted molar refractivity (Wildman–Crippen MR) is 101 cm³/mol. The Morgan fingerprint density at radius 2 is 1.90 bits per heavy atom. The maximum Gasteiger partial charge on any atom is 0.337 e. The first-order valence-electron chi connectivity index (χ1n) is 8.94. The molecule has 1 aliphatic rings. The van der Waals surface area contributed by atoms with E-state index < -0.39 is 5.97 Å². The molecule has 1 N–H and O–H groups in total. The van der Waals surface area contributed by atoms with Crippen LogP contribution in [0, 0.1) is 0 Å². The van der Waals surface area contributed by atoms with Crippen molar-refractivity contribution in [1.82, 2.24) is 25.0 Å². The molecule has 1 aromatic carbocycles. The lowest BCUT2D eigenvalue weighted by atomic mass is 10.0. The molecule has 0 atom stereocenters. The summed E-state index contributed by atoms with van der Waals surface area (Å²) in [5, 5.41) is 6.72. The lowest BCUT2D eigenvalue weighted by Gasteiger charge is -2.36. The van der Waals surface area contributed by atoms with Crippen LogP contribution in [-0.4, -0.2) is 63.6 Å². The molecule has 0 spiro atoms. The van der Waals surface area contributed by atoms with Gasteiger partial charge in [0.2, 0.25) is 23.4 Å². The van der Waals surface area contributed by atoms with Crippen LogP contribution in [0.1, 0.15) is 22.2 Å². The standard InChI is InChI=1S/C19H18N6O4/c1-28-19(27)12-3-5-14(6-4-12)22-15(26)11-25-9-13(10-25)18-23-17(24-29-18)16-20-7-2-8-21-16/h2-8,13H,9-11H2,1H3,(H,22,26). The Kier molecular flexibility index (Phi) is 5.25. The predicted octanol–water partition coefficient (Wildman–Crippen LogP) is 1.35. The molecule has 0 radical (unpaired) electrons. The van der Waals surface area contributed by atoms with Crippen LogP contribution in [-0.2, 0) is 9.53 Å². The van der Waals surface area contributed by atoms with Crippen LogP contribution in [0.3, 0.4) is 0 Å². The summed E-state index contributed by atoms with van der Waals surface area (Å²) in [6.45, 7) is 1.54. The summed E-state index contributed by atoms with van der Waals surface area (Å²) in [4.78, 5) is 38.2. The van der Waals surface area contributed by atoms with Crippen LogP contribution >= 0.6 is 0 Å². The fourth-order valence-electron chi connectivity index (χ4n) is 2.97. The van der Waals surface area contributed by atoms with Gasteiger partial charge in [0.25, 0.3) is 0 Å². The summed E-state index contributed by atoms with van der Waals surface area (Å²) in [6, 6.07) is 8.24. The monoisotopic (exact) mass is 394 g/mol. The van der Waals surface area contributed by atoms with Gasteiger partial charge in [0.15, 0.2) is 0 Å². The van der Waals surface area contributed by atoms with Gasteiger partial charge in [0.05, 0.1) is 25.1 Å². The lowest BCUT2D eigenvalue weighted by Crippen LogP contribution is -2.48. The molecule has 0 aliphatic carbocycles. The van der Waals surface area contributed by atoms with E-state index in [1.165, 1.54) is 7.11 Å². The zero-order valence-electron chi connectivity index (χ0n) is 15.6. The highest BCUT2D eigenvalue weighted by molar-refractivity contribution is 5.94. The maximum atomic E-state index is 12.2. The van der Waals surface area contributed by atoms with E-state index in [1.807, 2.05) is 4.90 Å². The minimum atomic E-state index is -0.419. The Bertz CT molecular complexity index is 999. The van der Waals surface area contributed by atoms with Gasteiger partial charge in [-0.15, -0.1) is 0 Å². The molecular formula is C19H18N6O4. The fraction of sp³-hybridized carbons (Fsp3) is 0.263. The third-order valence-electron chi connectivity index (χ3n) is 4.47. The number of carbonyl (C=O) groups excluding carboxylic acids is 2. The molecule has 10 nitrogen and oxygen atoms in total. The van der Waals surface area contributed by atoms with E-state index in [-0.39, 0.29) is 18.4 Å². The summed E-state index contributed by atoms with van der Waals surface area (Å²) in [6.07, 6.45) is 3.23. The molecule has 1 aliphatic heterocycles. The molecule has 0 unspecified atom stereocenters. The second-order valence-corrected chi connectivity index (χ2v) is 6.54. The second kappa shape index (κ2) is 8.15. The molecule has 4 rings (SSSR count). The van der Waals surface area contributed by atoms with Crippen molar-refractivity contribution in [2.45, 2.75) is 5.92 Å². The molecule has 0 saturated carbocycles. The van der Waals surface area contributed by atoms with Crippen LogP contribution in [0.4, 0.5) is 5.69 Å². The lowest BCUT2D eigenvalue weighted by molar-refractivity contribution is -0.118. The smallest absolute Gasteiger partial charge is 0.337 e. The Morgan fingerprint density at radius 3 is 2.59 bits per heavy atom. The Hall–Kier alpha value is -3.66. The zero-order chi connectivity index (χ0) is 20.2. The summed E-state index contributed by atoms with van der Waals surface area (Å²) in [7, 11) is 1.32. The first-order valence-corrected chi connectivity index (χ1v) is 8.94. The van der Waals surface area contributed by atoms with Crippen LogP contribution in [0.2, 0.25) is 0 Å². The number of benzene rings is 1. The minimum Gasteiger partial charge on any atom is -0.465 e. The number of nitrogens with one attached hydrogen (secondary N) is 1. The van der Waals surface area contributed by atoms with Crippen molar-refractivity contribution in [3.05, 3.63) is 54.2 Å². The normalized spacial score (nSPS) is 14.2. The van der Waals surface area contributed by atoms with Crippen molar-refractivity contribution in [1.29, 1.82) is 0 Å². The summed E-state index contributed by atoms with van der Waals surface area (Å²) < 4.78 is 9.95. The summed E-state index contributed by atoms with van der Waals surface area (Å²) in [5.74, 6) is 0.800. The Balaban J connectivity index is 1.26. The summed E-state index contributed by atoms with van der Waals surface area (Å²) in [5.41, 5.74) is 1.04. The molecule has 148 valence electrons. The van der Waals surface area contributed by atoms with Gasteiger partial charge < -0.3 is 14.6 Å². The van der Waals surface area contributed by atoms with Crippen molar-refractivity contribution in [2.24, 2.45) is 0 Å². The van der Waals surface area contributed by atoms with Crippen molar-refractivity contribution >= 4 is 17.6 Å². The van der Waals surface area contributed by atoms with Crippen molar-refractivity contribution in [3.8, 4) is 11.6 Å².